The highest BCUT2D eigenvalue weighted by molar-refractivity contribution is 5.91. The number of carbonyl (C=O) groups is 1. The van der Waals surface area contributed by atoms with E-state index < -0.39 is 11.0 Å². The first kappa shape index (κ1) is 18.6. The molecule has 9 heteroatoms. The first-order valence-electron chi connectivity index (χ1n) is 8.14. The summed E-state index contributed by atoms with van der Waals surface area (Å²) in [6, 6.07) is 15.8. The maximum Gasteiger partial charge on any atom is 0.339 e. The molecule has 2 amide bonds. The van der Waals surface area contributed by atoms with Crippen LogP contribution >= 0.6 is 0 Å². The van der Waals surface area contributed by atoms with Gasteiger partial charge in [-0.3, -0.25) is 10.1 Å². The Morgan fingerprint density at radius 3 is 2.61 bits per heavy atom. The maximum absolute atomic E-state index is 11.9. The van der Waals surface area contributed by atoms with Crippen molar-refractivity contribution in [2.24, 2.45) is 5.10 Å². The zero-order valence-corrected chi connectivity index (χ0v) is 14.8. The summed E-state index contributed by atoms with van der Waals surface area (Å²) in [6.45, 7) is 0. The van der Waals surface area contributed by atoms with Gasteiger partial charge in [0.1, 0.15) is 17.3 Å². The van der Waals surface area contributed by atoms with Crippen LogP contribution in [-0.4, -0.2) is 24.3 Å². The van der Waals surface area contributed by atoms with Crippen molar-refractivity contribution in [1.82, 2.24) is 5.43 Å². The summed E-state index contributed by atoms with van der Waals surface area (Å²) in [4.78, 5) is 22.1. The molecule has 0 saturated heterocycles. The molecule has 2 aromatic carbocycles. The van der Waals surface area contributed by atoms with Gasteiger partial charge in [-0.1, -0.05) is 12.1 Å². The number of anilines is 1. The van der Waals surface area contributed by atoms with Crippen molar-refractivity contribution < 1.29 is 18.9 Å². The molecule has 9 nitrogen and oxygen atoms in total. The second-order valence-corrected chi connectivity index (χ2v) is 5.53. The molecule has 142 valence electrons. The van der Waals surface area contributed by atoms with Crippen molar-refractivity contribution in [2.45, 2.75) is 0 Å². The number of nitro groups is 1. The van der Waals surface area contributed by atoms with E-state index in [9.17, 15) is 14.9 Å². The SMILES string of the molecule is COc1ccccc1NC(=O)N/N=C/c1ccc(-c2ccc([N+](=O)[O-])cc2)o1. The van der Waals surface area contributed by atoms with Crippen LogP contribution in [0.4, 0.5) is 16.2 Å². The second kappa shape index (κ2) is 8.49. The van der Waals surface area contributed by atoms with Gasteiger partial charge in [0, 0.05) is 17.7 Å². The summed E-state index contributed by atoms with van der Waals surface area (Å²) < 4.78 is 10.7. The molecule has 0 aliphatic carbocycles. The Balaban J connectivity index is 1.59. The molecule has 1 heterocycles. The number of ether oxygens (including phenoxy) is 1. The molecular weight excluding hydrogens is 364 g/mol. The Hall–Kier alpha value is -4.14. The van der Waals surface area contributed by atoms with Crippen LogP contribution in [0.5, 0.6) is 5.75 Å². The zero-order valence-electron chi connectivity index (χ0n) is 14.8. The number of carbonyl (C=O) groups excluding carboxylic acids is 1. The van der Waals surface area contributed by atoms with Crippen LogP contribution in [0, 0.1) is 10.1 Å². The molecule has 0 unspecified atom stereocenters. The number of hydrazone groups is 1. The molecule has 0 radical (unpaired) electrons. The molecule has 0 fully saturated rings. The van der Waals surface area contributed by atoms with Crippen LogP contribution < -0.4 is 15.5 Å². The number of nitrogens with one attached hydrogen (secondary N) is 2. The maximum atomic E-state index is 11.9. The summed E-state index contributed by atoms with van der Waals surface area (Å²) in [5.74, 6) is 1.46. The Morgan fingerprint density at radius 1 is 1.14 bits per heavy atom. The molecular formula is C19H16N4O5. The number of amides is 2. The topological polar surface area (TPSA) is 119 Å². The van der Waals surface area contributed by atoms with E-state index in [0.717, 1.165) is 0 Å². The van der Waals surface area contributed by atoms with Crippen LogP contribution in [0.1, 0.15) is 5.76 Å². The van der Waals surface area contributed by atoms with Gasteiger partial charge >= 0.3 is 6.03 Å². The molecule has 0 spiro atoms. The van der Waals surface area contributed by atoms with E-state index in [1.807, 2.05) is 0 Å². The lowest BCUT2D eigenvalue weighted by atomic mass is 10.1. The fraction of sp³-hybridized carbons (Fsp3) is 0.0526. The first-order valence-corrected chi connectivity index (χ1v) is 8.14. The van der Waals surface area contributed by atoms with Gasteiger partial charge in [-0.15, -0.1) is 0 Å². The van der Waals surface area contributed by atoms with E-state index in [2.05, 4.69) is 15.8 Å². The second-order valence-electron chi connectivity index (χ2n) is 5.53. The lowest BCUT2D eigenvalue weighted by Gasteiger charge is -2.08. The van der Waals surface area contributed by atoms with E-state index in [1.54, 1.807) is 48.5 Å². The number of furan rings is 1. The molecule has 28 heavy (non-hydrogen) atoms. The Bertz CT molecular complexity index is 1010. The number of hydrogen-bond acceptors (Lipinski definition) is 6. The number of para-hydroxylation sites is 2. The molecule has 0 bridgehead atoms. The minimum atomic E-state index is -0.539. The van der Waals surface area contributed by atoms with Gasteiger partial charge in [0.25, 0.3) is 5.69 Å². The highest BCUT2D eigenvalue weighted by Crippen LogP contribution is 2.24. The summed E-state index contributed by atoms with van der Waals surface area (Å²) in [5, 5.41) is 17.1. The molecule has 1 aromatic heterocycles. The highest BCUT2D eigenvalue weighted by Gasteiger charge is 2.08. The number of rotatable bonds is 6. The van der Waals surface area contributed by atoms with E-state index in [1.165, 1.54) is 25.5 Å². The molecule has 0 aliphatic rings. The standard InChI is InChI=1S/C19H16N4O5/c1-27-18-5-3-2-4-16(18)21-19(24)22-20-12-15-10-11-17(28-15)13-6-8-14(9-7-13)23(25)26/h2-12H,1H3,(H2,21,22,24)/b20-12+. The number of methoxy groups -OCH3 is 1. The van der Waals surface area contributed by atoms with Crippen molar-refractivity contribution in [3.05, 3.63) is 76.5 Å². The third kappa shape index (κ3) is 4.52. The minimum Gasteiger partial charge on any atom is -0.495 e. The van der Waals surface area contributed by atoms with Gasteiger partial charge in [0.15, 0.2) is 0 Å². The number of hydrogen-bond donors (Lipinski definition) is 2. The average Bonchev–Trinajstić information content (AvgIpc) is 3.17. The molecule has 0 aliphatic heterocycles. The molecule has 0 atom stereocenters. The van der Waals surface area contributed by atoms with Crippen molar-refractivity contribution in [3.63, 3.8) is 0 Å². The summed E-state index contributed by atoms with van der Waals surface area (Å²) >= 11 is 0. The Labute approximate surface area is 159 Å². The van der Waals surface area contributed by atoms with Crippen molar-refractivity contribution in [1.29, 1.82) is 0 Å². The zero-order chi connectivity index (χ0) is 19.9. The fourth-order valence-corrected chi connectivity index (χ4v) is 2.38. The van der Waals surface area contributed by atoms with Gasteiger partial charge in [0.05, 0.1) is 23.9 Å². The van der Waals surface area contributed by atoms with Gasteiger partial charge in [-0.25, -0.2) is 10.2 Å². The minimum absolute atomic E-state index is 0.00218. The quantitative estimate of drug-likeness (QED) is 0.380. The molecule has 3 aromatic rings. The first-order chi connectivity index (χ1) is 13.6. The van der Waals surface area contributed by atoms with E-state index in [0.29, 0.717) is 28.5 Å². The normalized spacial score (nSPS) is 10.6. The molecule has 2 N–H and O–H groups in total. The predicted molar refractivity (Wildman–Crippen MR) is 104 cm³/mol. The third-order valence-electron chi connectivity index (χ3n) is 3.70. The van der Waals surface area contributed by atoms with Gasteiger partial charge in [-0.05, 0) is 36.4 Å². The monoisotopic (exact) mass is 380 g/mol. The Morgan fingerprint density at radius 2 is 1.89 bits per heavy atom. The third-order valence-corrected chi connectivity index (χ3v) is 3.70. The van der Waals surface area contributed by atoms with E-state index in [4.69, 9.17) is 9.15 Å². The van der Waals surface area contributed by atoms with Crippen LogP contribution in [0.3, 0.4) is 0 Å². The van der Waals surface area contributed by atoms with Crippen molar-refractivity contribution >= 4 is 23.6 Å². The van der Waals surface area contributed by atoms with Gasteiger partial charge < -0.3 is 14.5 Å². The molecule has 0 saturated carbocycles. The summed E-state index contributed by atoms with van der Waals surface area (Å²) in [6.07, 6.45) is 1.34. The number of urea groups is 1. The Kier molecular flexibility index (Phi) is 5.66. The van der Waals surface area contributed by atoms with Gasteiger partial charge in [0.2, 0.25) is 0 Å². The highest BCUT2D eigenvalue weighted by atomic mass is 16.6. The number of nitrogens with zero attached hydrogens (tertiary/aromatic N) is 2. The van der Waals surface area contributed by atoms with Crippen LogP contribution in [0.2, 0.25) is 0 Å². The average molecular weight is 380 g/mol. The fourth-order valence-electron chi connectivity index (χ4n) is 2.38. The number of nitro benzene ring substituents is 1. The van der Waals surface area contributed by atoms with Crippen LogP contribution in [0.25, 0.3) is 11.3 Å². The van der Waals surface area contributed by atoms with E-state index in [-0.39, 0.29) is 5.69 Å². The van der Waals surface area contributed by atoms with E-state index >= 15 is 0 Å². The lowest BCUT2D eigenvalue weighted by Crippen LogP contribution is -2.24. The van der Waals surface area contributed by atoms with Gasteiger partial charge in [-0.2, -0.15) is 5.10 Å². The number of benzene rings is 2. The number of non-ortho nitro benzene ring substituents is 1. The molecule has 3 rings (SSSR count). The summed E-state index contributed by atoms with van der Waals surface area (Å²) in [7, 11) is 1.51. The largest absolute Gasteiger partial charge is 0.495 e. The van der Waals surface area contributed by atoms with Crippen molar-refractivity contribution in [3.8, 4) is 17.1 Å². The summed E-state index contributed by atoms with van der Waals surface area (Å²) in [5.41, 5.74) is 3.53. The van der Waals surface area contributed by atoms with Crippen LogP contribution in [-0.2, 0) is 0 Å². The van der Waals surface area contributed by atoms with Crippen LogP contribution in [0.15, 0.2) is 70.2 Å². The van der Waals surface area contributed by atoms with Crippen molar-refractivity contribution in [2.75, 3.05) is 12.4 Å². The predicted octanol–water partition coefficient (Wildman–Crippen LogP) is 4.02. The smallest absolute Gasteiger partial charge is 0.339 e. The lowest BCUT2D eigenvalue weighted by molar-refractivity contribution is -0.384.